The summed E-state index contributed by atoms with van der Waals surface area (Å²) in [7, 11) is 1.54. The molecule has 2 N–H and O–H groups in total. The van der Waals surface area contributed by atoms with E-state index in [9.17, 15) is 18.4 Å². The fourth-order valence-electron chi connectivity index (χ4n) is 2.51. The Morgan fingerprint density at radius 1 is 1.18 bits per heavy atom. The Morgan fingerprint density at radius 3 is 2.71 bits per heavy atom. The number of thioether (sulfide) groups is 1. The minimum atomic E-state index is -2.61. The molecule has 1 heterocycles. The van der Waals surface area contributed by atoms with Crippen molar-refractivity contribution < 1.29 is 27.8 Å². The second-order valence-electron chi connectivity index (χ2n) is 5.64. The molecule has 0 radical (unpaired) electrons. The zero-order valence-corrected chi connectivity index (χ0v) is 15.5. The van der Waals surface area contributed by atoms with Crippen molar-refractivity contribution in [3.05, 3.63) is 54.2 Å². The third-order valence-electron chi connectivity index (χ3n) is 3.76. The number of carbonyl (C=O) groups is 2. The number of carbonyl (C=O) groups excluding carboxylic acids is 2. The number of esters is 1. The Morgan fingerprint density at radius 2 is 1.96 bits per heavy atom. The molecule has 146 valence electrons. The Kier molecular flexibility index (Phi) is 6.15. The van der Waals surface area contributed by atoms with Crippen molar-refractivity contribution in [1.82, 2.24) is 4.98 Å². The van der Waals surface area contributed by atoms with Gasteiger partial charge in [0, 0.05) is 21.9 Å². The van der Waals surface area contributed by atoms with Gasteiger partial charge < -0.3 is 19.8 Å². The van der Waals surface area contributed by atoms with Crippen molar-refractivity contribution in [2.75, 3.05) is 19.0 Å². The first-order chi connectivity index (χ1) is 13.5. The van der Waals surface area contributed by atoms with Crippen LogP contribution in [0.25, 0.3) is 10.9 Å². The molecular formula is C19H16F2N2O4S. The molecule has 28 heavy (non-hydrogen) atoms. The first-order valence-corrected chi connectivity index (χ1v) is 9.02. The number of methoxy groups -OCH3 is 1. The molecule has 6 nitrogen and oxygen atoms in total. The second kappa shape index (κ2) is 8.75. The van der Waals surface area contributed by atoms with E-state index < -0.39 is 24.2 Å². The maximum Gasteiger partial charge on any atom is 0.355 e. The number of para-hydroxylation sites is 1. The second-order valence-corrected chi connectivity index (χ2v) is 6.67. The van der Waals surface area contributed by atoms with Crippen LogP contribution in [-0.2, 0) is 9.53 Å². The molecule has 9 heteroatoms. The summed E-state index contributed by atoms with van der Waals surface area (Å²) < 4.78 is 35.3. The fraction of sp³-hybridized carbons (Fsp3) is 0.158. The van der Waals surface area contributed by atoms with Gasteiger partial charge in [-0.2, -0.15) is 8.78 Å². The maximum absolute atomic E-state index is 12.6. The molecule has 0 saturated heterocycles. The number of benzene rings is 2. The van der Waals surface area contributed by atoms with Crippen LogP contribution >= 0.6 is 11.8 Å². The zero-order chi connectivity index (χ0) is 20.1. The van der Waals surface area contributed by atoms with Gasteiger partial charge in [0.15, 0.2) is 6.61 Å². The number of rotatable bonds is 7. The Hall–Kier alpha value is -3.07. The lowest BCUT2D eigenvalue weighted by Crippen LogP contribution is -2.21. The van der Waals surface area contributed by atoms with E-state index >= 15 is 0 Å². The molecular weight excluding hydrogens is 390 g/mol. The van der Waals surface area contributed by atoms with E-state index in [4.69, 9.17) is 9.47 Å². The van der Waals surface area contributed by atoms with Gasteiger partial charge in [-0.1, -0.05) is 23.9 Å². The number of aromatic nitrogens is 1. The molecule has 1 amide bonds. The molecule has 0 aliphatic rings. The lowest BCUT2D eigenvalue weighted by molar-refractivity contribution is -0.119. The summed E-state index contributed by atoms with van der Waals surface area (Å²) in [6, 6.07) is 13.0. The van der Waals surface area contributed by atoms with Crippen molar-refractivity contribution >= 4 is 40.2 Å². The van der Waals surface area contributed by atoms with Crippen molar-refractivity contribution in [2.45, 2.75) is 10.7 Å². The van der Waals surface area contributed by atoms with Gasteiger partial charge in [-0.15, -0.1) is 0 Å². The predicted octanol–water partition coefficient (Wildman–Crippen LogP) is 4.29. The molecule has 0 saturated carbocycles. The van der Waals surface area contributed by atoms with Crippen molar-refractivity contribution in [3.8, 4) is 5.75 Å². The number of fused-ring (bicyclic) bond motifs is 1. The number of aromatic amines is 1. The number of halogens is 2. The number of nitrogens with one attached hydrogen (secondary N) is 2. The third-order valence-corrected chi connectivity index (χ3v) is 4.55. The molecule has 0 unspecified atom stereocenters. The Labute approximate surface area is 163 Å². The number of amides is 1. The van der Waals surface area contributed by atoms with Gasteiger partial charge in [0.25, 0.3) is 11.7 Å². The smallest absolute Gasteiger partial charge is 0.355 e. The van der Waals surface area contributed by atoms with Crippen LogP contribution in [0.4, 0.5) is 14.5 Å². The molecule has 0 atom stereocenters. The molecule has 0 aliphatic heterocycles. The van der Waals surface area contributed by atoms with E-state index in [0.717, 1.165) is 5.39 Å². The summed E-state index contributed by atoms with van der Waals surface area (Å²) in [5, 5.41) is 3.25. The number of ether oxygens (including phenoxy) is 2. The standard InChI is InChI=1S/C19H16F2N2O4S/c1-26-12-7-6-11-8-15(22-14(11)9-12)18(25)27-10-17(24)23-13-4-2-3-5-16(13)28-19(20)21/h2-9,19,22H,10H2,1H3,(H,23,24). The van der Waals surface area contributed by atoms with Gasteiger partial charge in [0.05, 0.1) is 12.8 Å². The van der Waals surface area contributed by atoms with Crippen LogP contribution in [0, 0.1) is 0 Å². The monoisotopic (exact) mass is 406 g/mol. The number of H-pyrrole nitrogens is 1. The molecule has 1 aromatic heterocycles. The highest BCUT2D eigenvalue weighted by Gasteiger charge is 2.15. The highest BCUT2D eigenvalue weighted by Crippen LogP contribution is 2.31. The quantitative estimate of drug-likeness (QED) is 0.452. The predicted molar refractivity (Wildman–Crippen MR) is 102 cm³/mol. The van der Waals surface area contributed by atoms with Crippen LogP contribution in [0.3, 0.4) is 0 Å². The van der Waals surface area contributed by atoms with Crippen LogP contribution in [0.15, 0.2) is 53.4 Å². The topological polar surface area (TPSA) is 80.4 Å². The van der Waals surface area contributed by atoms with Crippen LogP contribution in [-0.4, -0.2) is 36.3 Å². The van der Waals surface area contributed by atoms with Crippen molar-refractivity contribution in [3.63, 3.8) is 0 Å². The largest absolute Gasteiger partial charge is 0.497 e. The van der Waals surface area contributed by atoms with Crippen LogP contribution in [0.5, 0.6) is 5.75 Å². The maximum atomic E-state index is 12.6. The summed E-state index contributed by atoms with van der Waals surface area (Å²) in [6.45, 7) is -0.550. The average molecular weight is 406 g/mol. The number of alkyl halides is 2. The van der Waals surface area contributed by atoms with Gasteiger partial charge in [-0.05, 0) is 30.3 Å². The number of hydrogen-bond donors (Lipinski definition) is 2. The van der Waals surface area contributed by atoms with E-state index in [1.807, 2.05) is 0 Å². The minimum absolute atomic E-state index is 0.185. The van der Waals surface area contributed by atoms with Crippen LogP contribution in [0.1, 0.15) is 10.5 Å². The summed E-state index contributed by atoms with van der Waals surface area (Å²) >= 11 is 0.323. The summed E-state index contributed by atoms with van der Waals surface area (Å²) in [4.78, 5) is 27.3. The highest BCUT2D eigenvalue weighted by molar-refractivity contribution is 7.99. The van der Waals surface area contributed by atoms with E-state index in [0.29, 0.717) is 23.0 Å². The molecule has 3 aromatic rings. The lowest BCUT2D eigenvalue weighted by atomic mass is 10.2. The molecule has 0 aliphatic carbocycles. The SMILES string of the molecule is COc1ccc2cc(C(=O)OCC(=O)Nc3ccccc3SC(F)F)[nH]c2c1. The first kappa shape index (κ1) is 19.7. The highest BCUT2D eigenvalue weighted by atomic mass is 32.2. The van der Waals surface area contributed by atoms with Crippen LogP contribution < -0.4 is 10.1 Å². The lowest BCUT2D eigenvalue weighted by Gasteiger charge is -2.10. The molecule has 0 fully saturated rings. The summed E-state index contributed by atoms with van der Waals surface area (Å²) in [5.74, 6) is -3.32. The van der Waals surface area contributed by atoms with Gasteiger partial charge in [-0.3, -0.25) is 4.79 Å². The van der Waals surface area contributed by atoms with E-state index in [2.05, 4.69) is 10.3 Å². The fourth-order valence-corrected chi connectivity index (χ4v) is 3.10. The van der Waals surface area contributed by atoms with Gasteiger partial charge in [0.1, 0.15) is 11.4 Å². The number of hydrogen-bond acceptors (Lipinski definition) is 5. The minimum Gasteiger partial charge on any atom is -0.497 e. The first-order valence-electron chi connectivity index (χ1n) is 8.14. The van der Waals surface area contributed by atoms with E-state index in [1.54, 1.807) is 36.4 Å². The summed E-state index contributed by atoms with van der Waals surface area (Å²) in [6.07, 6.45) is 0. The van der Waals surface area contributed by atoms with Crippen molar-refractivity contribution in [1.29, 1.82) is 0 Å². The van der Waals surface area contributed by atoms with Crippen molar-refractivity contribution in [2.24, 2.45) is 0 Å². The van der Waals surface area contributed by atoms with E-state index in [1.165, 1.54) is 19.2 Å². The van der Waals surface area contributed by atoms with Crippen LogP contribution in [0.2, 0.25) is 0 Å². The number of anilines is 1. The van der Waals surface area contributed by atoms with Gasteiger partial charge in [-0.25, -0.2) is 4.79 Å². The molecule has 2 aromatic carbocycles. The zero-order valence-electron chi connectivity index (χ0n) is 14.7. The summed E-state index contributed by atoms with van der Waals surface area (Å²) in [5.41, 5.74) is 1.10. The third kappa shape index (κ3) is 4.80. The average Bonchev–Trinajstić information content (AvgIpc) is 3.10. The Balaban J connectivity index is 1.61. The van der Waals surface area contributed by atoms with E-state index in [-0.39, 0.29) is 16.3 Å². The Bertz CT molecular complexity index is 1010. The molecule has 0 bridgehead atoms. The molecule has 0 spiro atoms. The van der Waals surface area contributed by atoms with Gasteiger partial charge >= 0.3 is 5.97 Å². The normalized spacial score (nSPS) is 10.9. The molecule has 3 rings (SSSR count). The van der Waals surface area contributed by atoms with Gasteiger partial charge in [0.2, 0.25) is 0 Å².